The smallest absolute Gasteiger partial charge is 0.315 e. The summed E-state index contributed by atoms with van der Waals surface area (Å²) in [7, 11) is 1.95. The number of nitrogens with one attached hydrogen (secondary N) is 1. The van der Waals surface area contributed by atoms with Crippen LogP contribution >= 0.6 is 0 Å². The SMILES string of the molecule is CN1c2ccccc2C(C(=O)O)c2c(-c3ccc(O)cc3)cccc21.c1ccc2c(c1)Cc1ccccc1N2. The van der Waals surface area contributed by atoms with Crippen LogP contribution in [0, 0.1) is 0 Å². The standard InChI is InChI=1S/C21H17NO3.C13H11N/c1-22-17-7-3-2-5-16(17)20(21(24)25)19-15(6-4-8-18(19)22)13-9-11-14(23)12-10-13;1-3-7-12-10(5-1)9-11-6-2-4-8-13(11)14-12/h2-12,20,23H,1H3,(H,24,25);1-8,14H,9H2. The number of benzene rings is 5. The highest BCUT2D eigenvalue weighted by molar-refractivity contribution is 5.94. The van der Waals surface area contributed by atoms with E-state index in [-0.39, 0.29) is 5.75 Å². The minimum atomic E-state index is -0.868. The Morgan fingerprint density at radius 3 is 2.00 bits per heavy atom. The fourth-order valence-corrected chi connectivity index (χ4v) is 5.56. The van der Waals surface area contributed by atoms with Gasteiger partial charge in [0.05, 0.1) is 0 Å². The van der Waals surface area contributed by atoms with Crippen LogP contribution in [0.3, 0.4) is 0 Å². The number of phenols is 1. The molecule has 5 aromatic carbocycles. The van der Waals surface area contributed by atoms with Gasteiger partial charge in [0.2, 0.25) is 0 Å². The Bertz CT molecular complexity index is 1590. The molecule has 0 bridgehead atoms. The second-order valence-corrected chi connectivity index (χ2v) is 9.79. The molecule has 1 atom stereocenters. The minimum absolute atomic E-state index is 0.186. The molecule has 0 aliphatic carbocycles. The number of para-hydroxylation sites is 3. The van der Waals surface area contributed by atoms with Gasteiger partial charge in [0.1, 0.15) is 11.7 Å². The number of anilines is 4. The van der Waals surface area contributed by atoms with Crippen molar-refractivity contribution in [2.45, 2.75) is 12.3 Å². The Balaban J connectivity index is 0.000000166. The second-order valence-electron chi connectivity index (χ2n) is 9.79. The van der Waals surface area contributed by atoms with E-state index in [2.05, 4.69) is 53.8 Å². The Morgan fingerprint density at radius 2 is 1.33 bits per heavy atom. The first-order chi connectivity index (χ1) is 19.0. The predicted octanol–water partition coefficient (Wildman–Crippen LogP) is 7.69. The lowest BCUT2D eigenvalue weighted by atomic mass is 9.81. The van der Waals surface area contributed by atoms with Crippen molar-refractivity contribution in [1.82, 2.24) is 0 Å². The van der Waals surface area contributed by atoms with E-state index >= 15 is 0 Å². The van der Waals surface area contributed by atoms with E-state index < -0.39 is 11.9 Å². The molecule has 0 fully saturated rings. The maximum absolute atomic E-state index is 12.2. The average Bonchev–Trinajstić information content (AvgIpc) is 2.97. The lowest BCUT2D eigenvalue weighted by molar-refractivity contribution is -0.137. The van der Waals surface area contributed by atoms with Gasteiger partial charge < -0.3 is 20.4 Å². The molecule has 0 saturated heterocycles. The molecule has 0 radical (unpaired) electrons. The van der Waals surface area contributed by atoms with Gasteiger partial charge in [-0.1, -0.05) is 78.9 Å². The number of carbonyl (C=O) groups is 1. The predicted molar refractivity (Wildman–Crippen MR) is 156 cm³/mol. The van der Waals surface area contributed by atoms with E-state index in [9.17, 15) is 15.0 Å². The van der Waals surface area contributed by atoms with Gasteiger partial charge in [-0.3, -0.25) is 4.79 Å². The van der Waals surface area contributed by atoms with Crippen LogP contribution in [-0.4, -0.2) is 23.2 Å². The maximum atomic E-state index is 12.2. The molecular weight excluding hydrogens is 484 g/mol. The molecule has 5 nitrogen and oxygen atoms in total. The zero-order valence-electron chi connectivity index (χ0n) is 21.5. The molecule has 39 heavy (non-hydrogen) atoms. The molecule has 3 N–H and O–H groups in total. The summed E-state index contributed by atoms with van der Waals surface area (Å²) < 4.78 is 0. The van der Waals surface area contributed by atoms with E-state index in [4.69, 9.17) is 0 Å². The number of aliphatic carboxylic acids is 1. The van der Waals surface area contributed by atoms with Gasteiger partial charge in [0.25, 0.3) is 0 Å². The van der Waals surface area contributed by atoms with Crippen molar-refractivity contribution in [3.8, 4) is 16.9 Å². The third kappa shape index (κ3) is 4.48. The number of aromatic hydroxyl groups is 1. The normalized spacial score (nSPS) is 14.4. The van der Waals surface area contributed by atoms with Crippen molar-refractivity contribution in [3.63, 3.8) is 0 Å². The molecule has 5 heteroatoms. The Hall–Kier alpha value is -5.03. The number of rotatable bonds is 2. The Labute approximate surface area is 227 Å². The molecule has 192 valence electrons. The van der Waals surface area contributed by atoms with E-state index in [1.54, 1.807) is 12.1 Å². The molecular formula is C34H28N2O3. The highest BCUT2D eigenvalue weighted by Gasteiger charge is 2.35. The van der Waals surface area contributed by atoms with E-state index in [0.29, 0.717) is 0 Å². The fraction of sp³-hybridized carbons (Fsp3) is 0.0882. The monoisotopic (exact) mass is 512 g/mol. The zero-order chi connectivity index (χ0) is 26.9. The van der Waals surface area contributed by atoms with Crippen molar-refractivity contribution in [1.29, 1.82) is 0 Å². The quantitative estimate of drug-likeness (QED) is 0.222. The molecule has 5 aromatic rings. The van der Waals surface area contributed by atoms with Gasteiger partial charge >= 0.3 is 5.97 Å². The summed E-state index contributed by atoms with van der Waals surface area (Å²) in [6.45, 7) is 0. The topological polar surface area (TPSA) is 72.8 Å². The molecule has 0 spiro atoms. The summed E-state index contributed by atoms with van der Waals surface area (Å²) in [6.07, 6.45) is 1.04. The maximum Gasteiger partial charge on any atom is 0.315 e. The van der Waals surface area contributed by atoms with Crippen LogP contribution < -0.4 is 10.2 Å². The molecule has 2 aliphatic rings. The van der Waals surface area contributed by atoms with Gasteiger partial charge in [-0.25, -0.2) is 0 Å². The van der Waals surface area contributed by atoms with Crippen molar-refractivity contribution < 1.29 is 15.0 Å². The third-order valence-electron chi connectivity index (χ3n) is 7.45. The number of hydrogen-bond donors (Lipinski definition) is 3. The van der Waals surface area contributed by atoms with Crippen molar-refractivity contribution in [2.75, 3.05) is 17.3 Å². The van der Waals surface area contributed by atoms with Crippen LogP contribution in [0.25, 0.3) is 11.1 Å². The van der Waals surface area contributed by atoms with Crippen LogP contribution in [0.4, 0.5) is 22.7 Å². The summed E-state index contributed by atoms with van der Waals surface area (Å²) in [5, 5.41) is 23.0. The highest BCUT2D eigenvalue weighted by atomic mass is 16.4. The molecule has 2 aliphatic heterocycles. The number of nitrogens with zero attached hydrogens (tertiary/aromatic N) is 1. The summed E-state index contributed by atoms with van der Waals surface area (Å²) in [5.74, 6) is -1.41. The summed E-state index contributed by atoms with van der Waals surface area (Å²) in [5.41, 5.74) is 10.4. The van der Waals surface area contributed by atoms with Crippen molar-refractivity contribution >= 4 is 28.7 Å². The van der Waals surface area contributed by atoms with Gasteiger partial charge in [-0.05, 0) is 64.2 Å². The van der Waals surface area contributed by atoms with Gasteiger partial charge in [0, 0.05) is 41.8 Å². The molecule has 2 heterocycles. The van der Waals surface area contributed by atoms with Crippen LogP contribution in [0.2, 0.25) is 0 Å². The van der Waals surface area contributed by atoms with Gasteiger partial charge in [-0.15, -0.1) is 0 Å². The molecule has 0 saturated carbocycles. The van der Waals surface area contributed by atoms with Crippen LogP contribution in [0.5, 0.6) is 5.75 Å². The van der Waals surface area contributed by atoms with Crippen LogP contribution in [-0.2, 0) is 11.2 Å². The summed E-state index contributed by atoms with van der Waals surface area (Å²) in [6, 6.07) is 37.2. The molecule has 0 aromatic heterocycles. The zero-order valence-corrected chi connectivity index (χ0v) is 21.5. The molecule has 7 rings (SSSR count). The summed E-state index contributed by atoms with van der Waals surface area (Å²) >= 11 is 0. The molecule has 0 amide bonds. The van der Waals surface area contributed by atoms with Crippen LogP contribution in [0.1, 0.15) is 28.2 Å². The van der Waals surface area contributed by atoms with Crippen LogP contribution in [0.15, 0.2) is 115 Å². The van der Waals surface area contributed by atoms with Gasteiger partial charge in [-0.2, -0.15) is 0 Å². The number of carboxylic acids is 1. The van der Waals surface area contributed by atoms with E-state index in [1.165, 1.54) is 22.5 Å². The first-order valence-electron chi connectivity index (χ1n) is 12.9. The lowest BCUT2D eigenvalue weighted by Gasteiger charge is -2.35. The number of carboxylic acid groups (broad SMARTS) is 1. The number of fused-ring (bicyclic) bond motifs is 4. The number of hydrogen-bond acceptors (Lipinski definition) is 4. The van der Waals surface area contributed by atoms with Crippen molar-refractivity contribution in [2.24, 2.45) is 0 Å². The Kier molecular flexibility index (Phi) is 6.25. The first kappa shape index (κ1) is 24.3. The minimum Gasteiger partial charge on any atom is -0.508 e. The molecule has 1 unspecified atom stereocenters. The largest absolute Gasteiger partial charge is 0.508 e. The second kappa shape index (κ2) is 10.0. The summed E-state index contributed by atoms with van der Waals surface area (Å²) in [4.78, 5) is 14.2. The first-order valence-corrected chi connectivity index (χ1v) is 12.9. The van der Waals surface area contributed by atoms with Gasteiger partial charge in [0.15, 0.2) is 0 Å². The third-order valence-corrected chi connectivity index (χ3v) is 7.45. The van der Waals surface area contributed by atoms with E-state index in [1.807, 2.05) is 66.5 Å². The highest BCUT2D eigenvalue weighted by Crippen LogP contribution is 2.48. The fourth-order valence-electron chi connectivity index (χ4n) is 5.56. The lowest BCUT2D eigenvalue weighted by Crippen LogP contribution is -2.26. The average molecular weight is 513 g/mol. The van der Waals surface area contributed by atoms with Crippen molar-refractivity contribution in [3.05, 3.63) is 138 Å². The Morgan fingerprint density at radius 1 is 0.744 bits per heavy atom. The number of phenolic OH excluding ortho intramolecular Hbond substituents is 1. The van der Waals surface area contributed by atoms with E-state index in [0.717, 1.165) is 40.0 Å².